The summed E-state index contributed by atoms with van der Waals surface area (Å²) in [7, 11) is 0. The first-order valence-electron chi connectivity index (χ1n) is 11.0. The van der Waals surface area contributed by atoms with Crippen LogP contribution >= 0.6 is 0 Å². The zero-order valence-electron chi connectivity index (χ0n) is 18.8. The van der Waals surface area contributed by atoms with Crippen molar-refractivity contribution in [3.63, 3.8) is 0 Å². The number of carbonyl (C=O) groups is 2. The van der Waals surface area contributed by atoms with Crippen LogP contribution in [0.15, 0.2) is 0 Å². The van der Waals surface area contributed by atoms with Crippen LogP contribution in [-0.4, -0.2) is 103 Å². The number of ether oxygens (including phenoxy) is 2. The Morgan fingerprint density at radius 1 is 1.17 bits per heavy atom. The summed E-state index contributed by atoms with van der Waals surface area (Å²) in [5.41, 5.74) is 5.54. The van der Waals surface area contributed by atoms with Gasteiger partial charge in [0.1, 0.15) is 18.3 Å². The molecule has 0 radical (unpaired) electrons. The van der Waals surface area contributed by atoms with Crippen LogP contribution in [0.1, 0.15) is 46.5 Å². The smallest absolute Gasteiger partial charge is 0.223 e. The van der Waals surface area contributed by atoms with Crippen molar-refractivity contribution in [3.05, 3.63) is 0 Å². The lowest BCUT2D eigenvalue weighted by Crippen LogP contribution is -2.50. The van der Waals surface area contributed by atoms with Crippen LogP contribution in [0.4, 0.5) is 0 Å². The number of aliphatic hydroxyl groups excluding tert-OH is 2. The Balaban J connectivity index is 2.93. The molecule has 0 bridgehead atoms. The normalized spacial score (nSPS) is 25.2. The van der Waals surface area contributed by atoms with E-state index in [-0.39, 0.29) is 37.9 Å². The number of amides is 2. The van der Waals surface area contributed by atoms with Gasteiger partial charge < -0.3 is 35.2 Å². The first kappa shape index (κ1) is 26.8. The minimum atomic E-state index is -1.18. The SMILES string of the molecule is CC(=O)N1CCN(C(=O)CCN)CCCCOC[C@@H](O)[C@@H](O)[C@H](OCCC(C)C)C1. The Morgan fingerprint density at radius 3 is 2.50 bits per heavy atom. The Hall–Kier alpha value is -1.26. The summed E-state index contributed by atoms with van der Waals surface area (Å²) in [4.78, 5) is 27.9. The predicted molar refractivity (Wildman–Crippen MR) is 114 cm³/mol. The van der Waals surface area contributed by atoms with E-state index in [4.69, 9.17) is 15.2 Å². The van der Waals surface area contributed by atoms with Crippen molar-refractivity contribution in [1.82, 2.24) is 9.80 Å². The highest BCUT2D eigenvalue weighted by Crippen LogP contribution is 2.12. The topological polar surface area (TPSA) is 126 Å². The highest BCUT2D eigenvalue weighted by Gasteiger charge is 2.30. The van der Waals surface area contributed by atoms with Crippen LogP contribution in [-0.2, 0) is 19.1 Å². The molecule has 4 N–H and O–H groups in total. The van der Waals surface area contributed by atoms with Crippen LogP contribution in [0.2, 0.25) is 0 Å². The van der Waals surface area contributed by atoms with Crippen molar-refractivity contribution < 1.29 is 29.3 Å². The average molecular weight is 432 g/mol. The third kappa shape index (κ3) is 10.2. The van der Waals surface area contributed by atoms with Crippen molar-refractivity contribution in [2.75, 3.05) is 52.5 Å². The third-order valence-electron chi connectivity index (χ3n) is 5.25. The highest BCUT2D eigenvalue weighted by atomic mass is 16.5. The van der Waals surface area contributed by atoms with Gasteiger partial charge in [-0.2, -0.15) is 0 Å². The fourth-order valence-corrected chi connectivity index (χ4v) is 3.25. The molecule has 0 aromatic heterocycles. The second-order valence-corrected chi connectivity index (χ2v) is 8.32. The minimum Gasteiger partial charge on any atom is -0.388 e. The zero-order valence-corrected chi connectivity index (χ0v) is 18.8. The fourth-order valence-electron chi connectivity index (χ4n) is 3.25. The molecule has 1 aliphatic heterocycles. The van der Waals surface area contributed by atoms with Gasteiger partial charge in [-0.3, -0.25) is 9.59 Å². The van der Waals surface area contributed by atoms with E-state index in [9.17, 15) is 19.8 Å². The number of carbonyl (C=O) groups excluding carboxylic acids is 2. The fraction of sp³-hybridized carbons (Fsp3) is 0.905. The van der Waals surface area contributed by atoms with Gasteiger partial charge in [-0.05, 0) is 25.2 Å². The van der Waals surface area contributed by atoms with Crippen molar-refractivity contribution in [1.29, 1.82) is 0 Å². The zero-order chi connectivity index (χ0) is 22.5. The second kappa shape index (κ2) is 14.7. The summed E-state index contributed by atoms with van der Waals surface area (Å²) >= 11 is 0. The van der Waals surface area contributed by atoms with Gasteiger partial charge in [0, 0.05) is 59.3 Å². The number of nitrogens with zero attached hydrogens (tertiary/aromatic N) is 2. The monoisotopic (exact) mass is 431 g/mol. The second-order valence-electron chi connectivity index (χ2n) is 8.32. The molecule has 0 saturated carbocycles. The number of hydrogen-bond acceptors (Lipinski definition) is 7. The standard InChI is InChI=1S/C21H41N3O6/c1-16(2)7-13-30-19-14-24(17(3)25)11-10-23(20(27)6-8-22)9-4-5-12-29-15-18(26)21(19)28/h16,18-19,21,26,28H,4-15,22H2,1-3H3/t18-,19-,21-/m1/s1. The summed E-state index contributed by atoms with van der Waals surface area (Å²) < 4.78 is 11.4. The number of hydrogen-bond donors (Lipinski definition) is 3. The minimum absolute atomic E-state index is 0.0128. The molecule has 0 spiro atoms. The lowest BCUT2D eigenvalue weighted by Gasteiger charge is -2.33. The number of nitrogens with two attached hydrogens (primary N) is 1. The van der Waals surface area contributed by atoms with Crippen molar-refractivity contribution in [2.45, 2.75) is 64.8 Å². The molecule has 9 heteroatoms. The molecule has 1 fully saturated rings. The highest BCUT2D eigenvalue weighted by molar-refractivity contribution is 5.76. The average Bonchev–Trinajstić information content (AvgIpc) is 2.68. The number of aliphatic hydroxyl groups is 2. The van der Waals surface area contributed by atoms with Crippen LogP contribution in [0.5, 0.6) is 0 Å². The molecule has 9 nitrogen and oxygen atoms in total. The van der Waals surface area contributed by atoms with Crippen molar-refractivity contribution in [3.8, 4) is 0 Å². The third-order valence-corrected chi connectivity index (χ3v) is 5.25. The summed E-state index contributed by atoms with van der Waals surface area (Å²) in [6.45, 7) is 8.12. The van der Waals surface area contributed by atoms with Crippen molar-refractivity contribution >= 4 is 11.8 Å². The van der Waals surface area contributed by atoms with Gasteiger partial charge >= 0.3 is 0 Å². The molecule has 176 valence electrons. The van der Waals surface area contributed by atoms with E-state index < -0.39 is 18.3 Å². The summed E-state index contributed by atoms with van der Waals surface area (Å²) in [5, 5.41) is 21.0. The molecule has 2 amide bonds. The van der Waals surface area contributed by atoms with Gasteiger partial charge in [0.05, 0.1) is 6.61 Å². The Morgan fingerprint density at radius 2 is 1.87 bits per heavy atom. The van der Waals surface area contributed by atoms with E-state index in [2.05, 4.69) is 13.8 Å². The quantitative estimate of drug-likeness (QED) is 0.539. The maximum atomic E-state index is 12.4. The van der Waals surface area contributed by atoms with Crippen molar-refractivity contribution in [2.24, 2.45) is 11.7 Å². The van der Waals surface area contributed by atoms with Gasteiger partial charge in [-0.1, -0.05) is 13.8 Å². The Labute approximate surface area is 180 Å². The first-order chi connectivity index (χ1) is 14.3. The van der Waals surface area contributed by atoms with Crippen LogP contribution < -0.4 is 5.73 Å². The largest absolute Gasteiger partial charge is 0.388 e. The maximum absolute atomic E-state index is 12.4. The molecular formula is C21H41N3O6. The van der Waals surface area contributed by atoms with Gasteiger partial charge in [0.25, 0.3) is 0 Å². The molecule has 30 heavy (non-hydrogen) atoms. The van der Waals surface area contributed by atoms with E-state index in [0.717, 1.165) is 19.3 Å². The summed E-state index contributed by atoms with van der Waals surface area (Å²) in [5.74, 6) is 0.220. The molecule has 0 unspecified atom stereocenters. The first-order valence-corrected chi connectivity index (χ1v) is 11.0. The number of rotatable bonds is 6. The van der Waals surface area contributed by atoms with Crippen LogP contribution in [0.25, 0.3) is 0 Å². The molecule has 0 aliphatic carbocycles. The van der Waals surface area contributed by atoms with E-state index in [0.29, 0.717) is 38.8 Å². The molecule has 1 saturated heterocycles. The van der Waals surface area contributed by atoms with Gasteiger partial charge in [0.2, 0.25) is 11.8 Å². The molecule has 0 aromatic rings. The van der Waals surface area contributed by atoms with E-state index >= 15 is 0 Å². The molecular weight excluding hydrogens is 390 g/mol. The van der Waals surface area contributed by atoms with E-state index in [1.807, 2.05) is 0 Å². The van der Waals surface area contributed by atoms with Crippen LogP contribution in [0.3, 0.4) is 0 Å². The molecule has 1 aliphatic rings. The van der Waals surface area contributed by atoms with Crippen LogP contribution in [0, 0.1) is 5.92 Å². The molecule has 0 aromatic carbocycles. The van der Waals surface area contributed by atoms with Gasteiger partial charge in [0.15, 0.2) is 0 Å². The van der Waals surface area contributed by atoms with Gasteiger partial charge in [-0.15, -0.1) is 0 Å². The van der Waals surface area contributed by atoms with E-state index in [1.165, 1.54) is 6.92 Å². The molecule has 3 atom stereocenters. The maximum Gasteiger partial charge on any atom is 0.223 e. The molecule has 1 heterocycles. The lowest BCUT2D eigenvalue weighted by molar-refractivity contribution is -0.142. The summed E-state index contributed by atoms with van der Waals surface area (Å²) in [6.07, 6.45) is -0.497. The van der Waals surface area contributed by atoms with Gasteiger partial charge in [-0.25, -0.2) is 0 Å². The van der Waals surface area contributed by atoms with E-state index in [1.54, 1.807) is 9.80 Å². The Bertz CT molecular complexity index is 505. The lowest BCUT2D eigenvalue weighted by atomic mass is 10.1. The molecule has 1 rings (SSSR count). The summed E-state index contributed by atoms with van der Waals surface area (Å²) in [6, 6.07) is 0. The Kier molecular flexibility index (Phi) is 13.1. The predicted octanol–water partition coefficient (Wildman–Crippen LogP) is -0.0242.